The molecule has 0 spiro atoms. The number of amides is 2. The quantitative estimate of drug-likeness (QED) is 0.292. The van der Waals surface area contributed by atoms with Gasteiger partial charge in [0.1, 0.15) is 29.1 Å². The number of aliphatic hydroxyl groups excluding tert-OH is 1. The summed E-state index contributed by atoms with van der Waals surface area (Å²) in [5.74, 6) is -1.82. The molecule has 2 heterocycles. The maximum absolute atomic E-state index is 13.2. The number of ketones is 1. The van der Waals surface area contributed by atoms with Crippen molar-refractivity contribution in [1.29, 1.82) is 0 Å². The van der Waals surface area contributed by atoms with Crippen LogP contribution in [0.1, 0.15) is 24.3 Å². The van der Waals surface area contributed by atoms with Crippen LogP contribution in [0.3, 0.4) is 0 Å². The zero-order valence-electron chi connectivity index (χ0n) is 19.0. The molecule has 1 aromatic heterocycles. The third-order valence-corrected chi connectivity index (χ3v) is 5.75. The summed E-state index contributed by atoms with van der Waals surface area (Å²) >= 11 is 6.18. The van der Waals surface area contributed by atoms with Gasteiger partial charge >= 0.3 is 0 Å². The topological polar surface area (TPSA) is 118 Å². The summed E-state index contributed by atoms with van der Waals surface area (Å²) in [6.07, 6.45) is 1.40. The van der Waals surface area contributed by atoms with E-state index in [4.69, 9.17) is 25.5 Å². The molecule has 2 aromatic carbocycles. The predicted molar refractivity (Wildman–Crippen MR) is 129 cm³/mol. The van der Waals surface area contributed by atoms with Crippen LogP contribution in [-0.4, -0.2) is 36.9 Å². The average Bonchev–Trinajstić information content (AvgIpc) is 3.45. The van der Waals surface area contributed by atoms with Crippen molar-refractivity contribution in [2.45, 2.75) is 13.0 Å². The van der Waals surface area contributed by atoms with Gasteiger partial charge in [-0.2, -0.15) is 0 Å². The van der Waals surface area contributed by atoms with E-state index >= 15 is 0 Å². The van der Waals surface area contributed by atoms with Gasteiger partial charge in [-0.25, -0.2) is 0 Å². The van der Waals surface area contributed by atoms with Gasteiger partial charge in [-0.05, 0) is 42.5 Å². The van der Waals surface area contributed by atoms with Crippen LogP contribution >= 0.6 is 11.6 Å². The minimum atomic E-state index is -1.07. The van der Waals surface area contributed by atoms with Crippen LogP contribution < -0.4 is 19.7 Å². The van der Waals surface area contributed by atoms with Crippen LogP contribution in [0.4, 0.5) is 11.4 Å². The lowest BCUT2D eigenvalue weighted by Gasteiger charge is -2.23. The van der Waals surface area contributed by atoms with Gasteiger partial charge in [0, 0.05) is 24.4 Å². The van der Waals surface area contributed by atoms with Gasteiger partial charge in [0.2, 0.25) is 5.91 Å². The number of anilines is 2. The summed E-state index contributed by atoms with van der Waals surface area (Å²) in [6, 6.07) is 11.4. The van der Waals surface area contributed by atoms with Crippen molar-refractivity contribution < 1.29 is 33.4 Å². The first-order valence-electron chi connectivity index (χ1n) is 10.4. The van der Waals surface area contributed by atoms with E-state index in [1.165, 1.54) is 44.4 Å². The standard InChI is InChI=1S/C25H21ClN2O7/c1-13(29)27-14-6-8-15(9-7-14)28-22(18-5-4-10-35-18)21(24(31)25(28)32)23(30)16-11-20(34-3)17(26)12-19(16)33-2/h4-12,22,30H,1-3H3,(H,27,29)/b23-21+. The molecule has 1 saturated heterocycles. The number of furan rings is 1. The number of rotatable bonds is 6. The zero-order valence-corrected chi connectivity index (χ0v) is 19.8. The van der Waals surface area contributed by atoms with E-state index in [0.717, 1.165) is 0 Å². The summed E-state index contributed by atoms with van der Waals surface area (Å²) in [6.45, 7) is 1.38. The van der Waals surface area contributed by atoms with Crippen molar-refractivity contribution in [1.82, 2.24) is 0 Å². The number of nitrogens with one attached hydrogen (secondary N) is 1. The van der Waals surface area contributed by atoms with Crippen molar-refractivity contribution in [3.63, 3.8) is 0 Å². The SMILES string of the molecule is COc1cc(/C(O)=C2\C(=O)C(=O)N(c3ccc(NC(C)=O)cc3)C2c2ccco2)c(OC)cc1Cl. The smallest absolute Gasteiger partial charge is 0.300 e. The van der Waals surface area contributed by atoms with E-state index in [0.29, 0.717) is 11.4 Å². The number of aliphatic hydroxyl groups is 1. The van der Waals surface area contributed by atoms with E-state index < -0.39 is 23.5 Å². The van der Waals surface area contributed by atoms with Crippen LogP contribution in [0.5, 0.6) is 11.5 Å². The molecule has 1 fully saturated rings. The van der Waals surface area contributed by atoms with Gasteiger partial charge in [0.15, 0.2) is 0 Å². The molecule has 2 N–H and O–H groups in total. The van der Waals surface area contributed by atoms with Gasteiger partial charge in [0.25, 0.3) is 11.7 Å². The molecule has 0 saturated carbocycles. The third kappa shape index (κ3) is 4.33. The fraction of sp³-hybridized carbons (Fsp3) is 0.160. The summed E-state index contributed by atoms with van der Waals surface area (Å²) in [7, 11) is 2.79. The number of hydrogen-bond acceptors (Lipinski definition) is 7. The highest BCUT2D eigenvalue weighted by Crippen LogP contribution is 2.45. The molecular weight excluding hydrogens is 476 g/mol. The molecule has 1 unspecified atom stereocenters. The van der Waals surface area contributed by atoms with Gasteiger partial charge < -0.3 is 24.3 Å². The Morgan fingerprint density at radius 1 is 1.09 bits per heavy atom. The van der Waals surface area contributed by atoms with Crippen LogP contribution in [0.2, 0.25) is 5.02 Å². The van der Waals surface area contributed by atoms with Crippen molar-refractivity contribution in [2.75, 3.05) is 24.4 Å². The lowest BCUT2D eigenvalue weighted by molar-refractivity contribution is -0.132. The number of hydrogen-bond donors (Lipinski definition) is 2. The predicted octanol–water partition coefficient (Wildman–Crippen LogP) is 4.53. The number of carbonyl (C=O) groups is 3. The molecule has 9 nitrogen and oxygen atoms in total. The third-order valence-electron chi connectivity index (χ3n) is 5.45. The second-order valence-corrected chi connectivity index (χ2v) is 8.01. The Kier molecular flexibility index (Phi) is 6.52. The first-order chi connectivity index (χ1) is 16.8. The van der Waals surface area contributed by atoms with E-state index in [9.17, 15) is 19.5 Å². The van der Waals surface area contributed by atoms with Gasteiger partial charge in [-0.3, -0.25) is 19.3 Å². The minimum Gasteiger partial charge on any atom is -0.507 e. The highest BCUT2D eigenvalue weighted by molar-refractivity contribution is 6.51. The molecule has 10 heteroatoms. The molecule has 0 bridgehead atoms. The van der Waals surface area contributed by atoms with Crippen molar-refractivity contribution in [3.05, 3.63) is 76.7 Å². The first kappa shape index (κ1) is 23.9. The molecule has 3 aromatic rings. The molecule has 1 aliphatic rings. The van der Waals surface area contributed by atoms with Crippen molar-refractivity contribution in [3.8, 4) is 11.5 Å². The molecule has 0 aliphatic carbocycles. The molecular formula is C25H21ClN2O7. The Bertz CT molecular complexity index is 1330. The highest BCUT2D eigenvalue weighted by atomic mass is 35.5. The monoisotopic (exact) mass is 496 g/mol. The van der Waals surface area contributed by atoms with Gasteiger partial charge in [-0.1, -0.05) is 11.6 Å². The molecule has 180 valence electrons. The number of carbonyl (C=O) groups excluding carboxylic acids is 3. The van der Waals surface area contributed by atoms with Gasteiger partial charge in [0.05, 0.1) is 36.6 Å². The van der Waals surface area contributed by atoms with E-state index in [2.05, 4.69) is 5.32 Å². The van der Waals surface area contributed by atoms with Crippen molar-refractivity contribution >= 4 is 46.3 Å². The van der Waals surface area contributed by atoms with E-state index in [-0.39, 0.29) is 39.3 Å². The largest absolute Gasteiger partial charge is 0.507 e. The summed E-state index contributed by atoms with van der Waals surface area (Å²) in [5, 5.41) is 14.2. The first-order valence-corrected chi connectivity index (χ1v) is 10.8. The lowest BCUT2D eigenvalue weighted by Crippen LogP contribution is -2.29. The Balaban J connectivity index is 1.89. The number of benzene rings is 2. The summed E-state index contributed by atoms with van der Waals surface area (Å²) in [4.78, 5) is 39.0. The summed E-state index contributed by atoms with van der Waals surface area (Å²) < 4.78 is 16.1. The number of Topliss-reactive ketones (excluding diaryl/α,β-unsaturated/α-hetero) is 1. The molecule has 4 rings (SSSR count). The van der Waals surface area contributed by atoms with Gasteiger partial charge in [-0.15, -0.1) is 0 Å². The number of ether oxygens (including phenoxy) is 2. The van der Waals surface area contributed by atoms with E-state index in [1.54, 1.807) is 36.4 Å². The Labute approximate surface area is 205 Å². The van der Waals surface area contributed by atoms with Crippen LogP contribution in [-0.2, 0) is 14.4 Å². The molecule has 1 aliphatic heterocycles. The highest BCUT2D eigenvalue weighted by Gasteiger charge is 2.48. The maximum Gasteiger partial charge on any atom is 0.300 e. The lowest BCUT2D eigenvalue weighted by atomic mass is 9.98. The average molecular weight is 497 g/mol. The molecule has 2 amide bonds. The molecule has 1 atom stereocenters. The Hall–Kier alpha value is -4.24. The second-order valence-electron chi connectivity index (χ2n) is 7.60. The van der Waals surface area contributed by atoms with Crippen LogP contribution in [0.15, 0.2) is 64.8 Å². The minimum absolute atomic E-state index is 0.115. The van der Waals surface area contributed by atoms with Crippen LogP contribution in [0.25, 0.3) is 5.76 Å². The number of halogens is 1. The normalized spacial score (nSPS) is 16.9. The molecule has 0 radical (unpaired) electrons. The fourth-order valence-corrected chi connectivity index (χ4v) is 4.14. The Morgan fingerprint density at radius 3 is 2.34 bits per heavy atom. The summed E-state index contributed by atoms with van der Waals surface area (Å²) in [5.41, 5.74) is 0.801. The number of methoxy groups -OCH3 is 2. The maximum atomic E-state index is 13.2. The fourth-order valence-electron chi connectivity index (χ4n) is 3.91. The second kappa shape index (κ2) is 9.55. The Morgan fingerprint density at radius 2 is 1.77 bits per heavy atom. The van der Waals surface area contributed by atoms with E-state index in [1.807, 2.05) is 0 Å². The zero-order chi connectivity index (χ0) is 25.3. The van der Waals surface area contributed by atoms with Crippen LogP contribution in [0, 0.1) is 0 Å². The van der Waals surface area contributed by atoms with Crippen molar-refractivity contribution in [2.24, 2.45) is 0 Å². The molecule has 35 heavy (non-hydrogen) atoms. The number of nitrogens with zero attached hydrogens (tertiary/aromatic N) is 1.